The van der Waals surface area contributed by atoms with Crippen molar-refractivity contribution >= 4 is 56.9 Å². The number of hydrogen-bond donors (Lipinski definition) is 0. The fraction of sp³-hybridized carbons (Fsp3) is 0.146. The fourth-order valence-corrected chi connectivity index (χ4v) is 13.1. The van der Waals surface area contributed by atoms with Gasteiger partial charge in [-0.1, -0.05) is 113 Å². The quantitative estimate of drug-likeness (QED) is 0.139. The molecule has 4 heterocycles. The van der Waals surface area contributed by atoms with Gasteiger partial charge in [-0.25, -0.2) is 4.98 Å². The molecule has 5 heteroatoms. The van der Waals surface area contributed by atoms with Crippen molar-refractivity contribution in [1.82, 2.24) is 19.4 Å². The molecule has 0 radical (unpaired) electrons. The van der Waals surface area contributed by atoms with Crippen molar-refractivity contribution in [2.75, 3.05) is 0 Å². The summed E-state index contributed by atoms with van der Waals surface area (Å²) in [5.74, 6) is 0. The van der Waals surface area contributed by atoms with Crippen LogP contribution in [-0.4, -0.2) is 27.4 Å². The largest absolute Gasteiger partial charge is 0.299 e. The molecular formula is C41H36N4Si. The third-order valence-electron chi connectivity index (χ3n) is 9.83. The van der Waals surface area contributed by atoms with Crippen LogP contribution in [0.1, 0.15) is 27.7 Å². The first-order chi connectivity index (χ1) is 22.5. The average molecular weight is 613 g/mol. The number of fused-ring (bicyclic) bond motifs is 7. The average Bonchev–Trinajstić information content (AvgIpc) is 3.47. The van der Waals surface area contributed by atoms with Gasteiger partial charge in [-0.2, -0.15) is 0 Å². The minimum atomic E-state index is -2.43. The summed E-state index contributed by atoms with van der Waals surface area (Å²) in [6, 6.07) is 45.3. The molecule has 0 aliphatic carbocycles. The molecule has 4 aromatic carbocycles. The molecule has 46 heavy (non-hydrogen) atoms. The van der Waals surface area contributed by atoms with E-state index in [9.17, 15) is 0 Å². The number of benzene rings is 4. The highest BCUT2D eigenvalue weighted by molar-refractivity contribution is 7.03. The number of para-hydroxylation sites is 2. The highest BCUT2D eigenvalue weighted by Crippen LogP contribution is 2.36. The van der Waals surface area contributed by atoms with E-state index >= 15 is 0 Å². The van der Waals surface area contributed by atoms with Crippen LogP contribution in [0.4, 0.5) is 0 Å². The minimum Gasteiger partial charge on any atom is -0.299 e. The molecule has 0 N–H and O–H groups in total. The van der Waals surface area contributed by atoms with Gasteiger partial charge in [-0.05, 0) is 69.7 Å². The highest BCUT2D eigenvalue weighted by Gasteiger charge is 2.46. The van der Waals surface area contributed by atoms with Crippen molar-refractivity contribution in [3.05, 3.63) is 134 Å². The Bertz CT molecular complexity index is 2380. The number of nitrogens with zero attached hydrogens (tertiary/aromatic N) is 4. The number of imidazole rings is 1. The van der Waals surface area contributed by atoms with Gasteiger partial charge in [0.1, 0.15) is 5.65 Å². The molecule has 0 saturated heterocycles. The minimum absolute atomic E-state index is 0.396. The second-order valence-electron chi connectivity index (χ2n) is 12.9. The molecule has 0 atom stereocenters. The van der Waals surface area contributed by atoms with Crippen molar-refractivity contribution < 1.29 is 0 Å². The molecule has 0 amide bonds. The van der Waals surface area contributed by atoms with Gasteiger partial charge in [0.05, 0.1) is 22.4 Å². The van der Waals surface area contributed by atoms with E-state index in [1.807, 2.05) is 0 Å². The van der Waals surface area contributed by atoms with Gasteiger partial charge < -0.3 is 0 Å². The monoisotopic (exact) mass is 612 g/mol. The standard InChI is InChI=1S/C41H36N4Si/c1-27(2)46(28(3)4,38-21-11-18-34(42-38)29-13-6-5-7-14-29)39-22-12-19-35(43-39)32-15-10-16-33-31(32)24-23-30-25-26-45-37-20-9-8-17-36(37)44-41(45)40(30)33/h5-28H,1-4H3. The molecule has 0 unspecified atom stereocenters. The van der Waals surface area contributed by atoms with Gasteiger partial charge in [0.15, 0.2) is 8.07 Å². The van der Waals surface area contributed by atoms with Crippen LogP contribution in [0.25, 0.3) is 60.7 Å². The molecule has 0 fully saturated rings. The molecule has 4 aromatic heterocycles. The van der Waals surface area contributed by atoms with Gasteiger partial charge in [0.25, 0.3) is 0 Å². The third kappa shape index (κ3) is 4.30. The maximum Gasteiger partial charge on any atom is 0.169 e. The fourth-order valence-electron chi connectivity index (χ4n) is 7.74. The number of pyridine rings is 3. The summed E-state index contributed by atoms with van der Waals surface area (Å²) in [7, 11) is -2.43. The van der Waals surface area contributed by atoms with E-state index in [0.717, 1.165) is 39.2 Å². The van der Waals surface area contributed by atoms with Crippen LogP contribution in [0.2, 0.25) is 11.1 Å². The van der Waals surface area contributed by atoms with E-state index in [1.165, 1.54) is 32.2 Å². The third-order valence-corrected chi connectivity index (χ3v) is 15.7. The Morgan fingerprint density at radius 3 is 1.98 bits per heavy atom. The lowest BCUT2D eigenvalue weighted by molar-refractivity contribution is 0.919. The smallest absolute Gasteiger partial charge is 0.169 e. The molecule has 0 bridgehead atoms. The first-order valence-corrected chi connectivity index (χ1v) is 18.3. The maximum atomic E-state index is 5.56. The summed E-state index contributed by atoms with van der Waals surface area (Å²) >= 11 is 0. The van der Waals surface area contributed by atoms with E-state index < -0.39 is 8.07 Å². The molecule has 8 rings (SSSR count). The van der Waals surface area contributed by atoms with Crippen molar-refractivity contribution in [1.29, 1.82) is 0 Å². The van der Waals surface area contributed by atoms with Crippen LogP contribution in [0, 0.1) is 0 Å². The van der Waals surface area contributed by atoms with E-state index in [-0.39, 0.29) is 0 Å². The van der Waals surface area contributed by atoms with Crippen LogP contribution in [0.3, 0.4) is 0 Å². The predicted octanol–water partition coefficient (Wildman–Crippen LogP) is 9.30. The molecule has 224 valence electrons. The van der Waals surface area contributed by atoms with Gasteiger partial charge in [-0.3, -0.25) is 14.4 Å². The number of rotatable bonds is 6. The highest BCUT2D eigenvalue weighted by atomic mass is 28.3. The summed E-state index contributed by atoms with van der Waals surface area (Å²) in [4.78, 5) is 16.0. The predicted molar refractivity (Wildman–Crippen MR) is 196 cm³/mol. The Morgan fingerprint density at radius 1 is 0.543 bits per heavy atom. The van der Waals surface area contributed by atoms with Crippen molar-refractivity contribution in [2.24, 2.45) is 0 Å². The number of hydrogen-bond acceptors (Lipinski definition) is 3. The van der Waals surface area contributed by atoms with Gasteiger partial charge in [0.2, 0.25) is 0 Å². The van der Waals surface area contributed by atoms with Crippen LogP contribution < -0.4 is 10.6 Å². The normalized spacial score (nSPS) is 12.3. The Kier molecular flexibility index (Phi) is 6.80. The van der Waals surface area contributed by atoms with E-state index in [4.69, 9.17) is 15.0 Å². The van der Waals surface area contributed by atoms with Crippen molar-refractivity contribution in [3.8, 4) is 22.5 Å². The lowest BCUT2D eigenvalue weighted by Gasteiger charge is -2.38. The Morgan fingerprint density at radius 2 is 1.22 bits per heavy atom. The zero-order chi connectivity index (χ0) is 31.4. The van der Waals surface area contributed by atoms with Gasteiger partial charge in [0, 0.05) is 33.3 Å². The zero-order valence-corrected chi connectivity index (χ0v) is 27.6. The van der Waals surface area contributed by atoms with Gasteiger partial charge >= 0.3 is 0 Å². The molecule has 0 aliphatic heterocycles. The zero-order valence-electron chi connectivity index (χ0n) is 26.6. The summed E-state index contributed by atoms with van der Waals surface area (Å²) in [6.45, 7) is 9.45. The van der Waals surface area contributed by atoms with E-state index in [1.54, 1.807) is 0 Å². The summed E-state index contributed by atoms with van der Waals surface area (Å²) < 4.78 is 2.21. The van der Waals surface area contributed by atoms with Crippen molar-refractivity contribution in [3.63, 3.8) is 0 Å². The summed E-state index contributed by atoms with van der Waals surface area (Å²) in [5.41, 5.74) is 8.21. The Hall–Kier alpha value is -5.13. The molecule has 8 aromatic rings. The Labute approximate surface area is 270 Å². The summed E-state index contributed by atoms with van der Waals surface area (Å²) in [6.07, 6.45) is 2.14. The molecule has 0 saturated carbocycles. The van der Waals surface area contributed by atoms with Crippen LogP contribution in [0.5, 0.6) is 0 Å². The van der Waals surface area contributed by atoms with Crippen LogP contribution in [-0.2, 0) is 0 Å². The first-order valence-electron chi connectivity index (χ1n) is 16.2. The summed E-state index contributed by atoms with van der Waals surface area (Å²) in [5, 5.41) is 7.12. The first kappa shape index (κ1) is 28.3. The molecule has 0 spiro atoms. The lowest BCUT2D eigenvalue weighted by Crippen LogP contribution is -2.64. The molecule has 4 nitrogen and oxygen atoms in total. The van der Waals surface area contributed by atoms with E-state index in [2.05, 4.69) is 166 Å². The second kappa shape index (κ2) is 11.0. The molecule has 0 aliphatic rings. The van der Waals surface area contributed by atoms with Crippen molar-refractivity contribution in [2.45, 2.75) is 38.8 Å². The van der Waals surface area contributed by atoms with Gasteiger partial charge in [-0.15, -0.1) is 0 Å². The Balaban J connectivity index is 1.33. The SMILES string of the molecule is CC(C)[Si](c1cccc(-c2ccccc2)n1)(c1cccc(-c2cccc3c2ccc2ccn4c5ccccc5nc4c23)n1)C(C)C. The topological polar surface area (TPSA) is 43.1 Å². The van der Waals surface area contributed by atoms with E-state index in [0.29, 0.717) is 11.1 Å². The lowest BCUT2D eigenvalue weighted by atomic mass is 9.97. The van der Waals surface area contributed by atoms with Crippen LogP contribution >= 0.6 is 0 Å². The maximum absolute atomic E-state index is 5.56. The second-order valence-corrected chi connectivity index (χ2v) is 18.0. The van der Waals surface area contributed by atoms with Crippen LogP contribution in [0.15, 0.2) is 134 Å². The number of aromatic nitrogens is 4. The molecular weight excluding hydrogens is 577 g/mol.